The van der Waals surface area contributed by atoms with Gasteiger partial charge in [-0.05, 0) is 49.0 Å². The third-order valence-corrected chi connectivity index (χ3v) is 4.93. The standard InChI is InChI=1S/C18H18F3N3O2S/c1-17(23,14-9-11-3-2-4-13(22)15(11)26-14)24-16(25)10-5-7-12(8-6-10)27-18(19,20)21/h2-8,14H,9,22-23H2,1H3,(H,24,25). The van der Waals surface area contributed by atoms with Crippen molar-refractivity contribution in [1.29, 1.82) is 0 Å². The summed E-state index contributed by atoms with van der Waals surface area (Å²) in [5, 5.41) is 2.68. The van der Waals surface area contributed by atoms with Gasteiger partial charge in [-0.15, -0.1) is 0 Å². The largest absolute Gasteiger partial charge is 0.484 e. The van der Waals surface area contributed by atoms with Crippen LogP contribution in [0.4, 0.5) is 18.9 Å². The molecular formula is C18H18F3N3O2S. The van der Waals surface area contributed by atoms with Gasteiger partial charge in [-0.3, -0.25) is 4.79 Å². The Bertz CT molecular complexity index is 854. The number of halogens is 3. The van der Waals surface area contributed by atoms with E-state index in [4.69, 9.17) is 16.2 Å². The highest BCUT2D eigenvalue weighted by molar-refractivity contribution is 8.00. The number of hydrogen-bond donors (Lipinski definition) is 3. The maximum atomic E-state index is 12.5. The van der Waals surface area contributed by atoms with Crippen LogP contribution in [0.1, 0.15) is 22.8 Å². The number of thioether (sulfide) groups is 1. The zero-order valence-corrected chi connectivity index (χ0v) is 15.2. The lowest BCUT2D eigenvalue weighted by atomic mass is 10.00. The number of nitrogen functional groups attached to an aromatic ring is 1. The third-order valence-electron chi connectivity index (χ3n) is 4.19. The SMILES string of the molecule is CC(N)(NC(=O)c1ccc(SC(F)(F)F)cc1)C1Cc2cccc(N)c2O1. The Morgan fingerprint density at radius 2 is 1.89 bits per heavy atom. The van der Waals surface area contributed by atoms with Gasteiger partial charge in [-0.2, -0.15) is 13.2 Å². The molecule has 5 N–H and O–H groups in total. The van der Waals surface area contributed by atoms with E-state index >= 15 is 0 Å². The second-order valence-corrected chi connectivity index (χ2v) is 7.59. The third kappa shape index (κ3) is 4.48. The molecular weight excluding hydrogens is 379 g/mol. The van der Waals surface area contributed by atoms with Crippen LogP contribution < -0.4 is 21.5 Å². The van der Waals surface area contributed by atoms with Gasteiger partial charge in [0.05, 0.1) is 5.69 Å². The van der Waals surface area contributed by atoms with Crippen LogP contribution in [0, 0.1) is 0 Å². The Balaban J connectivity index is 1.67. The molecule has 0 saturated heterocycles. The van der Waals surface area contributed by atoms with Crippen LogP contribution in [-0.4, -0.2) is 23.2 Å². The van der Waals surface area contributed by atoms with Crippen molar-refractivity contribution >= 4 is 23.4 Å². The number of benzene rings is 2. The molecule has 0 aromatic heterocycles. The topological polar surface area (TPSA) is 90.4 Å². The van der Waals surface area contributed by atoms with E-state index in [0.717, 1.165) is 5.56 Å². The lowest BCUT2D eigenvalue weighted by Gasteiger charge is -2.31. The van der Waals surface area contributed by atoms with Crippen molar-refractivity contribution in [3.63, 3.8) is 0 Å². The molecule has 9 heteroatoms. The van der Waals surface area contributed by atoms with Gasteiger partial charge in [0, 0.05) is 22.4 Å². The van der Waals surface area contributed by atoms with Gasteiger partial charge in [0.1, 0.15) is 17.5 Å². The molecule has 0 bridgehead atoms. The van der Waals surface area contributed by atoms with E-state index in [0.29, 0.717) is 17.9 Å². The molecule has 0 spiro atoms. The Morgan fingerprint density at radius 1 is 1.22 bits per heavy atom. The molecule has 2 aromatic carbocycles. The number of amides is 1. The summed E-state index contributed by atoms with van der Waals surface area (Å²) < 4.78 is 43.0. The van der Waals surface area contributed by atoms with E-state index in [2.05, 4.69) is 5.32 Å². The number of carbonyl (C=O) groups is 1. The maximum Gasteiger partial charge on any atom is 0.446 e. The minimum Gasteiger partial charge on any atom is -0.484 e. The van der Waals surface area contributed by atoms with Crippen molar-refractivity contribution in [1.82, 2.24) is 5.32 Å². The van der Waals surface area contributed by atoms with E-state index in [1.807, 2.05) is 12.1 Å². The average molecular weight is 397 g/mol. The lowest BCUT2D eigenvalue weighted by molar-refractivity contribution is -0.0328. The van der Waals surface area contributed by atoms with Crippen molar-refractivity contribution in [2.75, 3.05) is 5.73 Å². The minimum atomic E-state index is -4.38. The number of hydrogen-bond acceptors (Lipinski definition) is 5. The Morgan fingerprint density at radius 3 is 2.48 bits per heavy atom. The van der Waals surface area contributed by atoms with Crippen molar-refractivity contribution in [3.8, 4) is 5.75 Å². The first-order valence-corrected chi connectivity index (χ1v) is 8.88. The van der Waals surface area contributed by atoms with E-state index in [1.54, 1.807) is 13.0 Å². The fourth-order valence-corrected chi connectivity index (χ4v) is 3.37. The van der Waals surface area contributed by atoms with Gasteiger partial charge >= 0.3 is 5.51 Å². The number of fused-ring (bicyclic) bond motifs is 1. The van der Waals surface area contributed by atoms with Crippen LogP contribution >= 0.6 is 11.8 Å². The predicted octanol–water partition coefficient (Wildman–Crippen LogP) is 3.29. The summed E-state index contributed by atoms with van der Waals surface area (Å²) >= 11 is -0.239. The number of rotatable bonds is 4. The summed E-state index contributed by atoms with van der Waals surface area (Å²) in [6.07, 6.45) is -0.0457. The Hall–Kier alpha value is -2.39. The molecule has 0 aliphatic carbocycles. The van der Waals surface area contributed by atoms with Crippen LogP contribution in [-0.2, 0) is 6.42 Å². The van der Waals surface area contributed by atoms with Crippen LogP contribution in [0.5, 0.6) is 5.75 Å². The smallest absolute Gasteiger partial charge is 0.446 e. The van der Waals surface area contributed by atoms with Crippen molar-refractivity contribution in [3.05, 3.63) is 53.6 Å². The molecule has 2 atom stereocenters. The minimum absolute atomic E-state index is 0.000360. The average Bonchev–Trinajstić information content (AvgIpc) is 3.00. The molecule has 27 heavy (non-hydrogen) atoms. The number of anilines is 1. The van der Waals surface area contributed by atoms with E-state index < -0.39 is 23.2 Å². The first-order valence-electron chi connectivity index (χ1n) is 8.06. The quantitative estimate of drug-likeness (QED) is 0.418. The molecule has 3 rings (SSSR count). The summed E-state index contributed by atoms with van der Waals surface area (Å²) in [6.45, 7) is 1.62. The number of nitrogens with two attached hydrogens (primary N) is 2. The van der Waals surface area contributed by atoms with E-state index in [1.165, 1.54) is 24.3 Å². The maximum absolute atomic E-state index is 12.5. The van der Waals surface area contributed by atoms with Gasteiger partial charge in [0.15, 0.2) is 0 Å². The van der Waals surface area contributed by atoms with E-state index in [-0.39, 0.29) is 22.2 Å². The van der Waals surface area contributed by atoms with Gasteiger partial charge in [-0.25, -0.2) is 0 Å². The molecule has 0 saturated carbocycles. The number of nitrogens with one attached hydrogen (secondary N) is 1. The molecule has 1 heterocycles. The molecule has 0 radical (unpaired) electrons. The molecule has 1 aliphatic rings. The molecule has 1 aliphatic heterocycles. The van der Waals surface area contributed by atoms with Crippen LogP contribution in [0.15, 0.2) is 47.4 Å². The van der Waals surface area contributed by atoms with Crippen LogP contribution in [0.25, 0.3) is 0 Å². The van der Waals surface area contributed by atoms with Gasteiger partial charge in [0.2, 0.25) is 0 Å². The van der Waals surface area contributed by atoms with Gasteiger partial charge in [0.25, 0.3) is 5.91 Å². The van der Waals surface area contributed by atoms with E-state index in [9.17, 15) is 18.0 Å². The van der Waals surface area contributed by atoms with Crippen LogP contribution in [0.2, 0.25) is 0 Å². The van der Waals surface area contributed by atoms with Gasteiger partial charge in [-0.1, -0.05) is 12.1 Å². The molecule has 2 unspecified atom stereocenters. The highest BCUT2D eigenvalue weighted by atomic mass is 32.2. The second-order valence-electron chi connectivity index (χ2n) is 6.46. The van der Waals surface area contributed by atoms with Crippen molar-refractivity contribution < 1.29 is 22.7 Å². The molecule has 2 aromatic rings. The normalized spacial score (nSPS) is 18.3. The summed E-state index contributed by atoms with van der Waals surface area (Å²) in [5.41, 5.74) is 8.16. The fourth-order valence-electron chi connectivity index (χ4n) is 2.83. The zero-order chi connectivity index (χ0) is 19.8. The molecule has 144 valence electrons. The van der Waals surface area contributed by atoms with Crippen molar-refractivity contribution in [2.45, 2.75) is 35.5 Å². The fraction of sp³-hybridized carbons (Fsp3) is 0.278. The van der Waals surface area contributed by atoms with Gasteiger partial charge < -0.3 is 21.5 Å². The lowest BCUT2D eigenvalue weighted by Crippen LogP contribution is -2.62. The monoisotopic (exact) mass is 397 g/mol. The molecule has 1 amide bonds. The summed E-state index contributed by atoms with van der Waals surface area (Å²) in [4.78, 5) is 12.5. The molecule has 5 nitrogen and oxygen atoms in total. The first kappa shape index (κ1) is 19.4. The first-order chi connectivity index (χ1) is 12.5. The number of alkyl halides is 3. The highest BCUT2D eigenvalue weighted by Crippen LogP contribution is 2.37. The second kappa shape index (κ2) is 6.97. The van der Waals surface area contributed by atoms with Crippen molar-refractivity contribution in [2.24, 2.45) is 5.73 Å². The summed E-state index contributed by atoms with van der Waals surface area (Å²) in [5.74, 6) is 0.0537. The summed E-state index contributed by atoms with van der Waals surface area (Å²) in [6, 6.07) is 10.5. The number of carbonyl (C=O) groups excluding carboxylic acids is 1. The van der Waals surface area contributed by atoms with Crippen LogP contribution in [0.3, 0.4) is 0 Å². The summed E-state index contributed by atoms with van der Waals surface area (Å²) in [7, 11) is 0. The number of para-hydroxylation sites is 1. The number of ether oxygens (including phenoxy) is 1. The zero-order valence-electron chi connectivity index (χ0n) is 14.3. The Kier molecular flexibility index (Phi) is 5.00. The highest BCUT2D eigenvalue weighted by Gasteiger charge is 2.39. The molecule has 0 fully saturated rings. The predicted molar refractivity (Wildman–Crippen MR) is 97.4 cm³/mol. The Labute approximate surface area is 158 Å².